The molecule has 0 atom stereocenters. The minimum Gasteiger partial charge on any atom is -0.497 e. The third kappa shape index (κ3) is 5.93. The molecule has 0 unspecified atom stereocenters. The van der Waals surface area contributed by atoms with Crippen LogP contribution in [0.2, 0.25) is 0 Å². The molecule has 0 spiro atoms. The Morgan fingerprint density at radius 1 is 0.943 bits per heavy atom. The number of methoxy groups -OCH3 is 1. The van der Waals surface area contributed by atoms with Crippen LogP contribution in [0.4, 0.5) is 0 Å². The van der Waals surface area contributed by atoms with Gasteiger partial charge in [-0.2, -0.15) is 0 Å². The molecule has 0 aliphatic heterocycles. The van der Waals surface area contributed by atoms with E-state index >= 15 is 0 Å². The zero-order valence-corrected chi connectivity index (χ0v) is 20.3. The van der Waals surface area contributed by atoms with Gasteiger partial charge < -0.3 is 23.9 Å². The van der Waals surface area contributed by atoms with Gasteiger partial charge >= 0.3 is 5.97 Å². The second-order valence-corrected chi connectivity index (χ2v) is 8.35. The summed E-state index contributed by atoms with van der Waals surface area (Å²) in [4.78, 5) is 15.8. The number of carbonyl (C=O) groups is 1. The first-order valence-electron chi connectivity index (χ1n) is 11.6. The van der Waals surface area contributed by atoms with E-state index in [4.69, 9.17) is 19.3 Å². The lowest BCUT2D eigenvalue weighted by Gasteiger charge is -2.14. The second kappa shape index (κ2) is 11.0. The minimum atomic E-state index is -0.843. The molecule has 1 heterocycles. The Labute approximate surface area is 204 Å². The van der Waals surface area contributed by atoms with Gasteiger partial charge in [0.15, 0.2) is 0 Å². The lowest BCUT2D eigenvalue weighted by Crippen LogP contribution is -2.05. The summed E-state index contributed by atoms with van der Waals surface area (Å²) in [7, 11) is 3.59. The second-order valence-electron chi connectivity index (χ2n) is 8.35. The average molecular weight is 475 g/mol. The van der Waals surface area contributed by atoms with Crippen LogP contribution in [-0.2, 0) is 37.9 Å². The highest BCUT2D eigenvalue weighted by Gasteiger charge is 2.12. The van der Waals surface area contributed by atoms with E-state index < -0.39 is 5.97 Å². The Bertz CT molecular complexity index is 1310. The van der Waals surface area contributed by atoms with E-state index in [1.54, 1.807) is 7.11 Å². The molecular formula is C28H30N2O5. The minimum absolute atomic E-state index is 0.0328. The van der Waals surface area contributed by atoms with Crippen LogP contribution in [-0.4, -0.2) is 27.7 Å². The summed E-state index contributed by atoms with van der Waals surface area (Å²) in [6.45, 7) is 2.79. The van der Waals surface area contributed by atoms with Crippen molar-refractivity contribution in [2.75, 3.05) is 7.11 Å². The number of hydrogen-bond donors (Lipinski definition) is 1. The summed E-state index contributed by atoms with van der Waals surface area (Å²) >= 11 is 0. The lowest BCUT2D eigenvalue weighted by molar-refractivity contribution is -0.136. The first-order valence-corrected chi connectivity index (χ1v) is 11.6. The molecule has 4 aromatic rings. The van der Waals surface area contributed by atoms with E-state index in [2.05, 4.69) is 36.2 Å². The Balaban J connectivity index is 1.50. The van der Waals surface area contributed by atoms with Crippen LogP contribution in [0.3, 0.4) is 0 Å². The molecule has 0 amide bonds. The van der Waals surface area contributed by atoms with Gasteiger partial charge in [0, 0.05) is 25.6 Å². The number of ether oxygens (including phenoxy) is 3. The molecule has 7 heteroatoms. The molecule has 3 aromatic carbocycles. The highest BCUT2D eigenvalue weighted by Crippen LogP contribution is 2.28. The molecule has 7 nitrogen and oxygen atoms in total. The molecule has 0 radical (unpaired) electrons. The summed E-state index contributed by atoms with van der Waals surface area (Å²) in [5, 5.41) is 9.12. The molecule has 0 bridgehead atoms. The van der Waals surface area contributed by atoms with Crippen LogP contribution in [0.1, 0.15) is 35.9 Å². The Hall–Kier alpha value is -4.00. The van der Waals surface area contributed by atoms with Crippen LogP contribution in [0.5, 0.6) is 17.2 Å². The highest BCUT2D eigenvalue weighted by molar-refractivity contribution is 5.77. The van der Waals surface area contributed by atoms with Crippen molar-refractivity contribution in [2.45, 2.75) is 39.4 Å². The molecule has 182 valence electrons. The molecule has 4 rings (SSSR count). The standard InChI is InChI=1S/C28H30N2O5/c1-4-19-5-7-20(8-6-19)17-35-26-16-23(11-9-21(26)10-14-28(31)32)34-18-27-29-24-13-12-22(33-3)15-25(24)30(27)2/h5-9,11-13,15-16H,4,10,14,17-18H2,1-3H3,(H,31,32). The molecular weight excluding hydrogens is 444 g/mol. The zero-order valence-electron chi connectivity index (χ0n) is 20.3. The van der Waals surface area contributed by atoms with Crippen molar-refractivity contribution >= 4 is 17.0 Å². The number of imidazole rings is 1. The van der Waals surface area contributed by atoms with Crippen LogP contribution < -0.4 is 14.2 Å². The number of aromatic nitrogens is 2. The molecule has 0 saturated heterocycles. The van der Waals surface area contributed by atoms with Crippen molar-refractivity contribution in [3.05, 3.63) is 83.2 Å². The van der Waals surface area contributed by atoms with Crippen molar-refractivity contribution < 1.29 is 24.1 Å². The van der Waals surface area contributed by atoms with Crippen molar-refractivity contribution in [2.24, 2.45) is 7.05 Å². The maximum Gasteiger partial charge on any atom is 0.303 e. The Kier molecular flexibility index (Phi) is 7.55. The Morgan fingerprint density at radius 3 is 2.40 bits per heavy atom. The summed E-state index contributed by atoms with van der Waals surface area (Å²) < 4.78 is 19.5. The van der Waals surface area contributed by atoms with E-state index in [9.17, 15) is 4.79 Å². The lowest BCUT2D eigenvalue weighted by atomic mass is 10.1. The van der Waals surface area contributed by atoms with Crippen molar-refractivity contribution in [1.82, 2.24) is 9.55 Å². The third-order valence-corrected chi connectivity index (χ3v) is 6.02. The Morgan fingerprint density at radius 2 is 1.69 bits per heavy atom. The maximum absolute atomic E-state index is 11.1. The number of benzene rings is 3. The monoisotopic (exact) mass is 474 g/mol. The quantitative estimate of drug-likeness (QED) is 0.317. The maximum atomic E-state index is 11.1. The molecule has 0 saturated carbocycles. The van der Waals surface area contributed by atoms with Gasteiger partial charge in [-0.25, -0.2) is 4.98 Å². The largest absolute Gasteiger partial charge is 0.497 e. The number of aryl methyl sites for hydroxylation is 3. The SMILES string of the molecule is CCc1ccc(COc2cc(OCc3nc4ccc(OC)cc4n3C)ccc2CCC(=O)O)cc1. The molecule has 0 aliphatic carbocycles. The van der Waals surface area contributed by atoms with E-state index in [1.807, 2.05) is 48.0 Å². The van der Waals surface area contributed by atoms with Gasteiger partial charge in [-0.15, -0.1) is 0 Å². The fourth-order valence-corrected chi connectivity index (χ4v) is 3.86. The van der Waals surface area contributed by atoms with Gasteiger partial charge in [-0.05, 0) is 47.7 Å². The topological polar surface area (TPSA) is 82.8 Å². The van der Waals surface area contributed by atoms with Gasteiger partial charge in [0.2, 0.25) is 0 Å². The van der Waals surface area contributed by atoms with Crippen molar-refractivity contribution in [3.63, 3.8) is 0 Å². The van der Waals surface area contributed by atoms with Gasteiger partial charge in [-0.1, -0.05) is 37.3 Å². The fraction of sp³-hybridized carbons (Fsp3) is 0.286. The van der Waals surface area contributed by atoms with Crippen molar-refractivity contribution in [1.29, 1.82) is 0 Å². The summed E-state index contributed by atoms with van der Waals surface area (Å²) in [5.74, 6) is 1.96. The van der Waals surface area contributed by atoms with Crippen molar-refractivity contribution in [3.8, 4) is 17.2 Å². The van der Waals surface area contributed by atoms with Gasteiger partial charge in [0.25, 0.3) is 0 Å². The number of carboxylic acid groups (broad SMARTS) is 1. The number of fused-ring (bicyclic) bond motifs is 1. The summed E-state index contributed by atoms with van der Waals surface area (Å²) in [6, 6.07) is 19.6. The molecule has 1 N–H and O–H groups in total. The molecule has 0 fully saturated rings. The van der Waals surface area contributed by atoms with E-state index in [0.717, 1.165) is 40.2 Å². The number of hydrogen-bond acceptors (Lipinski definition) is 5. The average Bonchev–Trinajstić information content (AvgIpc) is 3.20. The predicted molar refractivity (Wildman–Crippen MR) is 134 cm³/mol. The van der Waals surface area contributed by atoms with Crippen LogP contribution in [0, 0.1) is 0 Å². The summed E-state index contributed by atoms with van der Waals surface area (Å²) in [5.41, 5.74) is 4.98. The number of aliphatic carboxylic acids is 1. The molecule has 0 aliphatic rings. The third-order valence-electron chi connectivity index (χ3n) is 6.02. The number of nitrogens with zero attached hydrogens (tertiary/aromatic N) is 2. The highest BCUT2D eigenvalue weighted by atomic mass is 16.5. The predicted octanol–water partition coefficient (Wildman–Crippen LogP) is 5.32. The van der Waals surface area contributed by atoms with E-state index in [-0.39, 0.29) is 13.0 Å². The van der Waals surface area contributed by atoms with Gasteiger partial charge in [-0.3, -0.25) is 4.79 Å². The smallest absolute Gasteiger partial charge is 0.303 e. The molecule has 35 heavy (non-hydrogen) atoms. The van der Waals surface area contributed by atoms with Crippen LogP contribution in [0.25, 0.3) is 11.0 Å². The van der Waals surface area contributed by atoms with Gasteiger partial charge in [0.05, 0.1) is 18.1 Å². The first-order chi connectivity index (χ1) is 17.0. The normalized spacial score (nSPS) is 10.9. The number of rotatable bonds is 11. The number of carboxylic acids is 1. The van der Waals surface area contributed by atoms with Crippen LogP contribution >= 0.6 is 0 Å². The fourth-order valence-electron chi connectivity index (χ4n) is 3.86. The van der Waals surface area contributed by atoms with E-state index in [0.29, 0.717) is 24.5 Å². The first kappa shape index (κ1) is 24.1. The van der Waals surface area contributed by atoms with E-state index in [1.165, 1.54) is 5.56 Å². The summed E-state index contributed by atoms with van der Waals surface area (Å²) in [6.07, 6.45) is 1.40. The molecule has 1 aromatic heterocycles. The van der Waals surface area contributed by atoms with Crippen LogP contribution in [0.15, 0.2) is 60.7 Å². The van der Waals surface area contributed by atoms with Gasteiger partial charge in [0.1, 0.15) is 36.3 Å². The zero-order chi connectivity index (χ0) is 24.8.